The van der Waals surface area contributed by atoms with Crippen molar-refractivity contribution in [1.82, 2.24) is 5.32 Å². The molecule has 1 saturated carbocycles. The van der Waals surface area contributed by atoms with E-state index in [4.69, 9.17) is 5.11 Å². The molecule has 2 rings (SSSR count). The molecule has 1 aliphatic heterocycles. The third-order valence-corrected chi connectivity index (χ3v) is 3.27. The lowest BCUT2D eigenvalue weighted by Crippen LogP contribution is -2.45. The van der Waals surface area contributed by atoms with Gasteiger partial charge in [-0.1, -0.05) is 6.42 Å². The third kappa shape index (κ3) is 1.22. The van der Waals surface area contributed by atoms with Crippen LogP contribution >= 0.6 is 0 Å². The summed E-state index contributed by atoms with van der Waals surface area (Å²) >= 11 is 0. The summed E-state index contributed by atoms with van der Waals surface area (Å²) in [5.74, 6) is -0.247. The molecule has 0 bridgehead atoms. The fraction of sp³-hybridized carbons (Fsp3) is 0.889. The molecular formula is C9H15NO2. The maximum atomic E-state index is 10.9. The molecule has 68 valence electrons. The number of hydrogen-bond donors (Lipinski definition) is 2. The van der Waals surface area contributed by atoms with E-state index in [1.807, 2.05) is 0 Å². The average Bonchev–Trinajstić information content (AvgIpc) is 2.49. The molecular weight excluding hydrogens is 154 g/mol. The van der Waals surface area contributed by atoms with Crippen molar-refractivity contribution in [2.75, 3.05) is 6.54 Å². The average molecular weight is 169 g/mol. The standard InChI is InChI=1S/C9H15NO2/c11-9(12)7-4-5-10-8-3-1-2-6(7)8/h6-8,10H,1-5H2,(H,11,12)/t6-,7+,8-/m0/s1. The molecule has 2 aliphatic rings. The molecule has 3 heteroatoms. The van der Waals surface area contributed by atoms with Crippen molar-refractivity contribution >= 4 is 5.97 Å². The highest BCUT2D eigenvalue weighted by Gasteiger charge is 2.39. The summed E-state index contributed by atoms with van der Waals surface area (Å²) < 4.78 is 0. The van der Waals surface area contributed by atoms with E-state index in [1.165, 1.54) is 12.8 Å². The van der Waals surface area contributed by atoms with Crippen LogP contribution in [0.5, 0.6) is 0 Å². The number of rotatable bonds is 1. The first-order chi connectivity index (χ1) is 5.79. The Morgan fingerprint density at radius 3 is 2.92 bits per heavy atom. The highest BCUT2D eigenvalue weighted by molar-refractivity contribution is 5.70. The first-order valence-electron chi connectivity index (χ1n) is 4.75. The first kappa shape index (κ1) is 8.05. The topological polar surface area (TPSA) is 49.3 Å². The van der Waals surface area contributed by atoms with E-state index in [9.17, 15) is 4.79 Å². The van der Waals surface area contributed by atoms with E-state index in [1.54, 1.807) is 0 Å². The van der Waals surface area contributed by atoms with Crippen molar-refractivity contribution in [3.05, 3.63) is 0 Å². The number of piperidine rings is 1. The van der Waals surface area contributed by atoms with E-state index in [-0.39, 0.29) is 5.92 Å². The molecule has 0 radical (unpaired) electrons. The first-order valence-corrected chi connectivity index (χ1v) is 4.75. The van der Waals surface area contributed by atoms with Crippen LogP contribution in [-0.2, 0) is 4.79 Å². The molecule has 0 aromatic carbocycles. The molecule has 1 heterocycles. The van der Waals surface area contributed by atoms with Crippen molar-refractivity contribution < 1.29 is 9.90 Å². The van der Waals surface area contributed by atoms with Gasteiger partial charge >= 0.3 is 5.97 Å². The van der Waals surface area contributed by atoms with Crippen LogP contribution < -0.4 is 5.32 Å². The molecule has 12 heavy (non-hydrogen) atoms. The zero-order valence-electron chi connectivity index (χ0n) is 7.12. The van der Waals surface area contributed by atoms with Gasteiger partial charge in [0.25, 0.3) is 0 Å². The van der Waals surface area contributed by atoms with Crippen LogP contribution in [0.1, 0.15) is 25.7 Å². The van der Waals surface area contributed by atoms with Crippen LogP contribution in [0.2, 0.25) is 0 Å². The van der Waals surface area contributed by atoms with Gasteiger partial charge in [-0.05, 0) is 31.7 Å². The van der Waals surface area contributed by atoms with Gasteiger partial charge < -0.3 is 10.4 Å². The zero-order valence-corrected chi connectivity index (χ0v) is 7.12. The maximum Gasteiger partial charge on any atom is 0.306 e. The SMILES string of the molecule is O=C(O)[C@@H]1CCN[C@H]2CCC[C@H]21. The number of nitrogens with one attached hydrogen (secondary N) is 1. The van der Waals surface area contributed by atoms with Gasteiger partial charge in [0.15, 0.2) is 0 Å². The summed E-state index contributed by atoms with van der Waals surface area (Å²) in [6, 6.07) is 0.500. The normalized spacial score (nSPS) is 40.8. The number of hydrogen-bond acceptors (Lipinski definition) is 2. The maximum absolute atomic E-state index is 10.9. The Morgan fingerprint density at radius 2 is 2.17 bits per heavy atom. The lowest BCUT2D eigenvalue weighted by Gasteiger charge is -2.32. The number of fused-ring (bicyclic) bond motifs is 1. The monoisotopic (exact) mass is 169 g/mol. The number of carbonyl (C=O) groups is 1. The summed E-state index contributed by atoms with van der Waals surface area (Å²) in [6.45, 7) is 0.887. The molecule has 2 fully saturated rings. The van der Waals surface area contributed by atoms with Crippen LogP contribution in [0.15, 0.2) is 0 Å². The Morgan fingerprint density at radius 1 is 1.33 bits per heavy atom. The second kappa shape index (κ2) is 3.05. The quantitative estimate of drug-likeness (QED) is 0.611. The van der Waals surface area contributed by atoms with E-state index >= 15 is 0 Å². The highest BCUT2D eigenvalue weighted by Crippen LogP contribution is 2.36. The Hall–Kier alpha value is -0.570. The predicted octanol–water partition coefficient (Wildman–Crippen LogP) is 0.849. The molecule has 1 saturated heterocycles. The molecule has 0 amide bonds. The Labute approximate surface area is 72.2 Å². The minimum Gasteiger partial charge on any atom is -0.481 e. The summed E-state index contributed by atoms with van der Waals surface area (Å²) in [7, 11) is 0. The molecule has 1 aliphatic carbocycles. The number of carboxylic acids is 1. The molecule has 3 atom stereocenters. The molecule has 3 nitrogen and oxygen atoms in total. The van der Waals surface area contributed by atoms with Crippen molar-refractivity contribution in [3.63, 3.8) is 0 Å². The molecule has 2 N–H and O–H groups in total. The fourth-order valence-electron chi connectivity index (χ4n) is 2.67. The Balaban J connectivity index is 2.08. The van der Waals surface area contributed by atoms with E-state index < -0.39 is 5.97 Å². The lowest BCUT2D eigenvalue weighted by molar-refractivity contribution is -0.145. The minimum absolute atomic E-state index is 0.0706. The van der Waals surface area contributed by atoms with Crippen LogP contribution in [-0.4, -0.2) is 23.7 Å². The van der Waals surface area contributed by atoms with E-state index in [0.717, 1.165) is 19.4 Å². The summed E-state index contributed by atoms with van der Waals surface area (Å²) in [5.41, 5.74) is 0. The number of carboxylic acid groups (broad SMARTS) is 1. The predicted molar refractivity (Wildman–Crippen MR) is 44.9 cm³/mol. The van der Waals surface area contributed by atoms with E-state index in [0.29, 0.717) is 12.0 Å². The van der Waals surface area contributed by atoms with Gasteiger partial charge in [-0.3, -0.25) is 4.79 Å². The van der Waals surface area contributed by atoms with Crippen molar-refractivity contribution in [3.8, 4) is 0 Å². The van der Waals surface area contributed by atoms with Crippen LogP contribution in [0.4, 0.5) is 0 Å². The Kier molecular flexibility index (Phi) is 2.05. The van der Waals surface area contributed by atoms with Gasteiger partial charge in [0, 0.05) is 6.04 Å². The van der Waals surface area contributed by atoms with Gasteiger partial charge in [0.05, 0.1) is 5.92 Å². The van der Waals surface area contributed by atoms with Crippen molar-refractivity contribution in [2.24, 2.45) is 11.8 Å². The number of aliphatic carboxylic acids is 1. The summed E-state index contributed by atoms with van der Waals surface area (Å²) in [5, 5.41) is 12.4. The second-order valence-corrected chi connectivity index (χ2v) is 3.89. The third-order valence-electron chi connectivity index (χ3n) is 3.27. The molecule has 0 unspecified atom stereocenters. The largest absolute Gasteiger partial charge is 0.481 e. The molecule has 0 aromatic heterocycles. The van der Waals surface area contributed by atoms with Crippen LogP contribution in [0, 0.1) is 11.8 Å². The van der Waals surface area contributed by atoms with Crippen molar-refractivity contribution in [2.45, 2.75) is 31.7 Å². The van der Waals surface area contributed by atoms with Gasteiger partial charge in [-0.15, -0.1) is 0 Å². The molecule has 0 aromatic rings. The second-order valence-electron chi connectivity index (χ2n) is 3.89. The lowest BCUT2D eigenvalue weighted by atomic mass is 9.82. The van der Waals surface area contributed by atoms with Gasteiger partial charge in [-0.25, -0.2) is 0 Å². The van der Waals surface area contributed by atoms with Crippen LogP contribution in [0.3, 0.4) is 0 Å². The zero-order chi connectivity index (χ0) is 8.55. The van der Waals surface area contributed by atoms with Gasteiger partial charge in [-0.2, -0.15) is 0 Å². The summed E-state index contributed by atoms with van der Waals surface area (Å²) in [4.78, 5) is 10.9. The minimum atomic E-state index is -0.589. The van der Waals surface area contributed by atoms with E-state index in [2.05, 4.69) is 5.32 Å². The van der Waals surface area contributed by atoms with Gasteiger partial charge in [0.1, 0.15) is 0 Å². The summed E-state index contributed by atoms with van der Waals surface area (Å²) in [6.07, 6.45) is 4.30. The fourth-order valence-corrected chi connectivity index (χ4v) is 2.67. The molecule has 0 spiro atoms. The smallest absolute Gasteiger partial charge is 0.306 e. The van der Waals surface area contributed by atoms with Gasteiger partial charge in [0.2, 0.25) is 0 Å². The van der Waals surface area contributed by atoms with Crippen LogP contribution in [0.25, 0.3) is 0 Å². The highest BCUT2D eigenvalue weighted by atomic mass is 16.4. The van der Waals surface area contributed by atoms with Crippen molar-refractivity contribution in [1.29, 1.82) is 0 Å². The Bertz CT molecular complexity index is 193.